The van der Waals surface area contributed by atoms with Gasteiger partial charge in [0, 0.05) is 12.1 Å². The number of alkyl halides is 1. The van der Waals surface area contributed by atoms with Crippen LogP contribution >= 0.6 is 11.6 Å². The smallest absolute Gasteiger partial charge is 0.153 e. The van der Waals surface area contributed by atoms with Crippen LogP contribution in [0.2, 0.25) is 0 Å². The van der Waals surface area contributed by atoms with E-state index in [1.165, 1.54) is 6.07 Å². The number of aromatic nitrogens is 2. The number of nitrogens with zero attached hydrogens (tertiary/aromatic N) is 2. The number of rotatable bonds is 3. The summed E-state index contributed by atoms with van der Waals surface area (Å²) in [6.07, 6.45) is 2.08. The van der Waals surface area contributed by atoms with E-state index in [4.69, 9.17) is 11.6 Å². The first-order valence-electron chi connectivity index (χ1n) is 6.53. The fraction of sp³-hybridized carbons (Fsp3) is 0.500. The lowest BCUT2D eigenvalue weighted by Gasteiger charge is -2.10. The van der Waals surface area contributed by atoms with Crippen LogP contribution in [0.5, 0.6) is 0 Å². The van der Waals surface area contributed by atoms with E-state index >= 15 is 0 Å². The zero-order chi connectivity index (χ0) is 13.7. The minimum absolute atomic E-state index is 0.214. The molecule has 19 heavy (non-hydrogen) atoms. The van der Waals surface area contributed by atoms with Crippen LogP contribution in [0.25, 0.3) is 11.0 Å². The van der Waals surface area contributed by atoms with Crippen LogP contribution in [-0.4, -0.2) is 9.55 Å². The highest BCUT2D eigenvalue weighted by Crippen LogP contribution is 2.48. The van der Waals surface area contributed by atoms with Crippen molar-refractivity contribution in [2.45, 2.75) is 38.1 Å². The van der Waals surface area contributed by atoms with Gasteiger partial charge in [0.1, 0.15) is 17.2 Å². The van der Waals surface area contributed by atoms with E-state index in [2.05, 4.69) is 11.9 Å². The van der Waals surface area contributed by atoms with E-state index < -0.39 is 11.6 Å². The van der Waals surface area contributed by atoms with Crippen molar-refractivity contribution in [1.82, 2.24) is 9.55 Å². The van der Waals surface area contributed by atoms with Gasteiger partial charge >= 0.3 is 0 Å². The van der Waals surface area contributed by atoms with Crippen molar-refractivity contribution in [3.63, 3.8) is 0 Å². The van der Waals surface area contributed by atoms with Crippen LogP contribution < -0.4 is 0 Å². The molecule has 1 heterocycles. The lowest BCUT2D eigenvalue weighted by molar-refractivity contribution is 0.588. The lowest BCUT2D eigenvalue weighted by atomic mass is 10.2. The Hall–Kier alpha value is -1.16. The van der Waals surface area contributed by atoms with Gasteiger partial charge in [-0.25, -0.2) is 13.8 Å². The molecule has 0 bridgehead atoms. The molecule has 1 saturated carbocycles. The number of benzene rings is 1. The Labute approximate surface area is 115 Å². The van der Waals surface area contributed by atoms with Crippen molar-refractivity contribution in [1.29, 1.82) is 0 Å². The molecular weight excluding hydrogens is 270 g/mol. The highest BCUT2D eigenvalue weighted by atomic mass is 35.5. The fourth-order valence-corrected chi connectivity index (χ4v) is 2.91. The number of hydrogen-bond acceptors (Lipinski definition) is 1. The third kappa shape index (κ3) is 2.02. The molecule has 0 amide bonds. The van der Waals surface area contributed by atoms with E-state index in [0.29, 0.717) is 17.3 Å². The van der Waals surface area contributed by atoms with Crippen LogP contribution in [0, 0.1) is 17.6 Å². The summed E-state index contributed by atoms with van der Waals surface area (Å²) >= 11 is 6.14. The first kappa shape index (κ1) is 12.9. The molecule has 0 aliphatic heterocycles. The van der Waals surface area contributed by atoms with E-state index in [1.54, 1.807) is 6.92 Å². The maximum atomic E-state index is 13.8. The first-order valence-corrected chi connectivity index (χ1v) is 6.97. The van der Waals surface area contributed by atoms with Crippen LogP contribution in [0.4, 0.5) is 8.78 Å². The van der Waals surface area contributed by atoms with Gasteiger partial charge in [-0.15, -0.1) is 11.6 Å². The molecule has 1 aliphatic carbocycles. The molecule has 1 fully saturated rings. The standard InChI is InChI=1S/C14H15ClF2N2/c1-3-8-4-11(8)19-12-6-9(16)5-10(17)13(12)18-14(19)7(2)15/h5-8,11H,3-4H2,1-2H3. The summed E-state index contributed by atoms with van der Waals surface area (Å²) in [7, 11) is 0. The molecule has 0 radical (unpaired) electrons. The average Bonchev–Trinajstić information content (AvgIpc) is 3.01. The normalized spacial score (nSPS) is 23.8. The first-order chi connectivity index (χ1) is 9.02. The van der Waals surface area contributed by atoms with Crippen molar-refractivity contribution in [3.05, 3.63) is 29.6 Å². The minimum Gasteiger partial charge on any atom is -0.323 e. The molecule has 3 unspecified atom stereocenters. The summed E-state index contributed by atoms with van der Waals surface area (Å²) < 4.78 is 29.2. The second kappa shape index (κ2) is 4.44. The Morgan fingerprint density at radius 3 is 2.79 bits per heavy atom. The summed E-state index contributed by atoms with van der Waals surface area (Å²) in [5.74, 6) is -0.0188. The van der Waals surface area contributed by atoms with Gasteiger partial charge < -0.3 is 4.57 Å². The van der Waals surface area contributed by atoms with E-state index in [0.717, 1.165) is 18.9 Å². The summed E-state index contributed by atoms with van der Waals surface area (Å²) in [4.78, 5) is 4.27. The SMILES string of the molecule is CCC1CC1n1c(C(C)Cl)nc2c(F)cc(F)cc21. The van der Waals surface area contributed by atoms with Crippen molar-refractivity contribution in [2.24, 2.45) is 5.92 Å². The highest BCUT2D eigenvalue weighted by molar-refractivity contribution is 6.20. The molecule has 102 valence electrons. The maximum absolute atomic E-state index is 13.8. The molecule has 1 aromatic heterocycles. The van der Waals surface area contributed by atoms with Crippen LogP contribution in [0.1, 0.15) is 43.9 Å². The zero-order valence-corrected chi connectivity index (χ0v) is 11.6. The quantitative estimate of drug-likeness (QED) is 0.754. The molecule has 5 heteroatoms. The monoisotopic (exact) mass is 284 g/mol. The molecule has 0 saturated heterocycles. The van der Waals surface area contributed by atoms with Crippen molar-refractivity contribution < 1.29 is 8.78 Å². The van der Waals surface area contributed by atoms with Gasteiger partial charge in [-0.05, 0) is 25.3 Å². The van der Waals surface area contributed by atoms with Crippen molar-refractivity contribution in [3.8, 4) is 0 Å². The predicted octanol–water partition coefficient (Wildman–Crippen LogP) is 4.59. The highest BCUT2D eigenvalue weighted by Gasteiger charge is 2.40. The van der Waals surface area contributed by atoms with Crippen molar-refractivity contribution >= 4 is 22.6 Å². The molecule has 3 atom stereocenters. The fourth-order valence-electron chi connectivity index (χ4n) is 2.75. The van der Waals surface area contributed by atoms with Crippen LogP contribution in [0.3, 0.4) is 0 Å². The van der Waals surface area contributed by atoms with Crippen molar-refractivity contribution in [2.75, 3.05) is 0 Å². The van der Waals surface area contributed by atoms with Gasteiger partial charge in [0.25, 0.3) is 0 Å². The minimum atomic E-state index is -0.624. The Kier molecular flexibility index (Phi) is 3.01. The summed E-state index contributed by atoms with van der Waals surface area (Å²) in [6.45, 7) is 3.92. The molecule has 0 N–H and O–H groups in total. The second-order valence-corrected chi connectivity index (χ2v) is 5.84. The Balaban J connectivity index is 2.24. The van der Waals surface area contributed by atoms with Crippen LogP contribution in [0.15, 0.2) is 12.1 Å². The Morgan fingerprint density at radius 2 is 2.21 bits per heavy atom. The predicted molar refractivity (Wildman–Crippen MR) is 71.4 cm³/mol. The Morgan fingerprint density at radius 1 is 1.47 bits per heavy atom. The van der Waals surface area contributed by atoms with Gasteiger partial charge in [-0.3, -0.25) is 0 Å². The largest absolute Gasteiger partial charge is 0.323 e. The molecule has 3 rings (SSSR count). The summed E-state index contributed by atoms with van der Waals surface area (Å²) in [6, 6.07) is 2.48. The molecule has 2 nitrogen and oxygen atoms in total. The molecular formula is C14H15ClF2N2. The van der Waals surface area contributed by atoms with Gasteiger partial charge in [0.2, 0.25) is 0 Å². The van der Waals surface area contributed by atoms with E-state index in [1.807, 2.05) is 4.57 Å². The van der Waals surface area contributed by atoms with Gasteiger partial charge in [0.05, 0.1) is 10.9 Å². The zero-order valence-electron chi connectivity index (χ0n) is 10.8. The van der Waals surface area contributed by atoms with E-state index in [-0.39, 0.29) is 16.9 Å². The second-order valence-electron chi connectivity index (χ2n) is 5.18. The number of imidazole rings is 1. The summed E-state index contributed by atoms with van der Waals surface area (Å²) in [5, 5.41) is -0.326. The van der Waals surface area contributed by atoms with Gasteiger partial charge in [-0.2, -0.15) is 0 Å². The summed E-state index contributed by atoms with van der Waals surface area (Å²) in [5.41, 5.74) is 0.728. The number of hydrogen-bond donors (Lipinski definition) is 0. The molecule has 1 aromatic carbocycles. The third-order valence-corrected chi connectivity index (χ3v) is 4.03. The van der Waals surface area contributed by atoms with Gasteiger partial charge in [0.15, 0.2) is 5.82 Å². The van der Waals surface area contributed by atoms with E-state index in [9.17, 15) is 8.78 Å². The molecule has 1 aliphatic rings. The van der Waals surface area contributed by atoms with Crippen LogP contribution in [-0.2, 0) is 0 Å². The third-order valence-electron chi connectivity index (χ3n) is 3.84. The number of halogens is 3. The molecule has 2 aromatic rings. The number of fused-ring (bicyclic) bond motifs is 1. The van der Waals surface area contributed by atoms with Gasteiger partial charge in [-0.1, -0.05) is 13.3 Å². The average molecular weight is 285 g/mol. The molecule has 0 spiro atoms. The Bertz CT molecular complexity index is 636. The lowest BCUT2D eigenvalue weighted by Crippen LogP contribution is -2.03. The maximum Gasteiger partial charge on any atom is 0.153 e. The topological polar surface area (TPSA) is 17.8 Å².